The zero-order valence-corrected chi connectivity index (χ0v) is 12.0. The molecule has 0 fully saturated rings. The van der Waals surface area contributed by atoms with Gasteiger partial charge in [-0.25, -0.2) is 21.6 Å². The first-order valence-electron chi connectivity index (χ1n) is 5.08. The molecule has 0 aliphatic rings. The summed E-state index contributed by atoms with van der Waals surface area (Å²) in [5.41, 5.74) is -0.470. The Morgan fingerprint density at radius 1 is 1.15 bits per heavy atom. The molecule has 2 aromatic rings. The number of hydrogen-bond donors (Lipinski definition) is 1. The van der Waals surface area contributed by atoms with Gasteiger partial charge in [-0.2, -0.15) is 0 Å². The number of sulfonamides is 1. The number of aromatic nitrogens is 1. The number of halogens is 4. The van der Waals surface area contributed by atoms with Gasteiger partial charge < -0.3 is 0 Å². The minimum Gasteiger partial charge on any atom is -0.277 e. The average Bonchev–Trinajstić information content (AvgIpc) is 2.39. The number of pyridine rings is 1. The van der Waals surface area contributed by atoms with Crippen LogP contribution < -0.4 is 4.72 Å². The van der Waals surface area contributed by atoms with E-state index in [9.17, 15) is 21.6 Å². The molecule has 1 N–H and O–H groups in total. The highest BCUT2D eigenvalue weighted by atomic mass is 79.9. The van der Waals surface area contributed by atoms with Crippen molar-refractivity contribution in [2.45, 2.75) is 4.90 Å². The maximum absolute atomic E-state index is 13.7. The fourth-order valence-electron chi connectivity index (χ4n) is 1.35. The van der Waals surface area contributed by atoms with Gasteiger partial charge in [0.25, 0.3) is 10.0 Å². The fourth-order valence-corrected chi connectivity index (χ4v) is 2.73. The Morgan fingerprint density at radius 2 is 1.85 bits per heavy atom. The number of anilines is 1. The van der Waals surface area contributed by atoms with E-state index in [4.69, 9.17) is 0 Å². The summed E-state index contributed by atoms with van der Waals surface area (Å²) in [7, 11) is -4.22. The molecule has 0 bridgehead atoms. The molecule has 1 aromatic heterocycles. The molecule has 0 aliphatic heterocycles. The minimum atomic E-state index is -4.22. The topological polar surface area (TPSA) is 59.1 Å². The second kappa shape index (κ2) is 5.41. The summed E-state index contributed by atoms with van der Waals surface area (Å²) in [5.74, 6) is -2.84. The Hall–Kier alpha value is -1.61. The molecule has 0 atom stereocenters. The van der Waals surface area contributed by atoms with E-state index in [0.29, 0.717) is 0 Å². The Labute approximate surface area is 120 Å². The first-order chi connectivity index (χ1) is 9.31. The van der Waals surface area contributed by atoms with Gasteiger partial charge in [-0.3, -0.25) is 9.71 Å². The Bertz CT molecular complexity index is 768. The lowest BCUT2D eigenvalue weighted by atomic mass is 10.3. The molecule has 1 heterocycles. The smallest absolute Gasteiger partial charge is 0.263 e. The van der Waals surface area contributed by atoms with Crippen molar-refractivity contribution < 1.29 is 21.6 Å². The largest absolute Gasteiger partial charge is 0.277 e. The molecule has 0 amide bonds. The van der Waals surface area contributed by atoms with Crippen LogP contribution in [0, 0.1) is 17.5 Å². The molecule has 0 aliphatic carbocycles. The summed E-state index contributed by atoms with van der Waals surface area (Å²) in [5, 5.41) is 0. The highest BCUT2D eigenvalue weighted by Crippen LogP contribution is 2.27. The van der Waals surface area contributed by atoms with Crippen molar-refractivity contribution in [2.24, 2.45) is 0 Å². The van der Waals surface area contributed by atoms with Crippen molar-refractivity contribution in [3.63, 3.8) is 0 Å². The van der Waals surface area contributed by atoms with Crippen molar-refractivity contribution in [1.82, 2.24) is 4.98 Å². The zero-order chi connectivity index (χ0) is 14.9. The maximum Gasteiger partial charge on any atom is 0.263 e. The van der Waals surface area contributed by atoms with Gasteiger partial charge in [0.05, 0.1) is 16.4 Å². The van der Waals surface area contributed by atoms with Gasteiger partial charge in [0.1, 0.15) is 16.5 Å². The van der Waals surface area contributed by atoms with E-state index >= 15 is 0 Å². The normalized spacial score (nSPS) is 11.4. The van der Waals surface area contributed by atoms with E-state index < -0.39 is 42.5 Å². The van der Waals surface area contributed by atoms with Crippen molar-refractivity contribution in [1.29, 1.82) is 0 Å². The number of nitrogens with zero attached hydrogens (tertiary/aromatic N) is 1. The summed E-state index contributed by atoms with van der Waals surface area (Å²) >= 11 is 2.65. The SMILES string of the molecule is O=S(=O)(Nc1ccc(F)c(Br)c1F)c1cncc(F)c1. The number of nitrogens with one attached hydrogen (secondary N) is 1. The van der Waals surface area contributed by atoms with E-state index in [-0.39, 0.29) is 0 Å². The summed E-state index contributed by atoms with van der Waals surface area (Å²) in [6.45, 7) is 0. The van der Waals surface area contributed by atoms with E-state index in [2.05, 4.69) is 20.9 Å². The fraction of sp³-hybridized carbons (Fsp3) is 0. The average molecular weight is 367 g/mol. The van der Waals surface area contributed by atoms with Crippen molar-refractivity contribution in [3.05, 3.63) is 52.5 Å². The van der Waals surface area contributed by atoms with Crippen LogP contribution in [-0.4, -0.2) is 13.4 Å². The van der Waals surface area contributed by atoms with Gasteiger partial charge in [0.2, 0.25) is 0 Å². The minimum absolute atomic E-state index is 0.470. The van der Waals surface area contributed by atoms with Crippen LogP contribution in [0.3, 0.4) is 0 Å². The molecule has 20 heavy (non-hydrogen) atoms. The predicted octanol–water partition coefficient (Wildman–Crippen LogP) is 3.06. The van der Waals surface area contributed by atoms with Crippen LogP contribution in [0.2, 0.25) is 0 Å². The standard InChI is InChI=1S/C11H6BrF3N2O2S/c12-10-8(14)1-2-9(11(10)15)17-20(18,19)7-3-6(13)4-16-5-7/h1-5,17H. The molecule has 106 valence electrons. The third-order valence-corrected chi connectivity index (χ3v) is 4.33. The van der Waals surface area contributed by atoms with Gasteiger partial charge in [-0.05, 0) is 34.1 Å². The molecule has 1 aromatic carbocycles. The molecular formula is C11H6BrF3N2O2S. The molecule has 0 radical (unpaired) electrons. The third-order valence-electron chi connectivity index (χ3n) is 2.27. The van der Waals surface area contributed by atoms with E-state index in [0.717, 1.165) is 30.6 Å². The van der Waals surface area contributed by atoms with Gasteiger partial charge in [-0.15, -0.1) is 0 Å². The summed E-state index contributed by atoms with van der Waals surface area (Å²) < 4.78 is 64.9. The van der Waals surface area contributed by atoms with Gasteiger partial charge in [0, 0.05) is 6.20 Å². The quantitative estimate of drug-likeness (QED) is 0.849. The molecular weight excluding hydrogens is 361 g/mol. The lowest BCUT2D eigenvalue weighted by Crippen LogP contribution is -2.14. The first kappa shape index (κ1) is 14.8. The van der Waals surface area contributed by atoms with E-state index in [1.807, 2.05) is 4.72 Å². The second-order valence-corrected chi connectivity index (χ2v) is 6.14. The molecule has 4 nitrogen and oxygen atoms in total. The Balaban J connectivity index is 2.41. The lowest BCUT2D eigenvalue weighted by molar-refractivity contribution is 0.572. The zero-order valence-electron chi connectivity index (χ0n) is 9.57. The Kier molecular flexibility index (Phi) is 4.00. The van der Waals surface area contributed by atoms with Crippen LogP contribution in [0.5, 0.6) is 0 Å². The maximum atomic E-state index is 13.7. The summed E-state index contributed by atoms with van der Waals surface area (Å²) in [6, 6.07) is 2.53. The van der Waals surface area contributed by atoms with Crippen LogP contribution in [0.1, 0.15) is 0 Å². The Morgan fingerprint density at radius 3 is 2.50 bits per heavy atom. The first-order valence-corrected chi connectivity index (χ1v) is 7.36. The molecule has 2 rings (SSSR count). The highest BCUT2D eigenvalue weighted by Gasteiger charge is 2.19. The van der Waals surface area contributed by atoms with Crippen LogP contribution in [0.25, 0.3) is 0 Å². The lowest BCUT2D eigenvalue weighted by Gasteiger charge is -2.09. The summed E-state index contributed by atoms with van der Waals surface area (Å²) in [4.78, 5) is 2.91. The molecule has 9 heteroatoms. The van der Waals surface area contributed by atoms with Crippen LogP contribution in [0.4, 0.5) is 18.9 Å². The second-order valence-electron chi connectivity index (χ2n) is 3.67. The summed E-state index contributed by atoms with van der Waals surface area (Å²) in [6.07, 6.45) is 1.73. The van der Waals surface area contributed by atoms with E-state index in [1.54, 1.807) is 0 Å². The molecule has 0 saturated carbocycles. The number of rotatable bonds is 3. The molecule has 0 spiro atoms. The van der Waals surface area contributed by atoms with Crippen LogP contribution in [0.15, 0.2) is 40.0 Å². The third kappa shape index (κ3) is 2.93. The number of hydrogen-bond acceptors (Lipinski definition) is 3. The van der Waals surface area contributed by atoms with Gasteiger partial charge in [0.15, 0.2) is 5.82 Å². The van der Waals surface area contributed by atoms with Crippen LogP contribution in [-0.2, 0) is 10.0 Å². The van der Waals surface area contributed by atoms with Gasteiger partial charge in [-0.1, -0.05) is 0 Å². The molecule has 0 saturated heterocycles. The number of benzene rings is 1. The van der Waals surface area contributed by atoms with E-state index in [1.165, 1.54) is 0 Å². The monoisotopic (exact) mass is 366 g/mol. The molecule has 0 unspecified atom stereocenters. The highest BCUT2D eigenvalue weighted by molar-refractivity contribution is 9.10. The van der Waals surface area contributed by atoms with Crippen molar-refractivity contribution in [3.8, 4) is 0 Å². The van der Waals surface area contributed by atoms with Gasteiger partial charge >= 0.3 is 0 Å². The van der Waals surface area contributed by atoms with Crippen molar-refractivity contribution in [2.75, 3.05) is 4.72 Å². The van der Waals surface area contributed by atoms with Crippen LogP contribution >= 0.6 is 15.9 Å². The van der Waals surface area contributed by atoms with Crippen molar-refractivity contribution >= 4 is 31.6 Å². The predicted molar refractivity (Wildman–Crippen MR) is 69.1 cm³/mol.